The van der Waals surface area contributed by atoms with Crippen molar-refractivity contribution in [3.05, 3.63) is 59.4 Å². The lowest BCUT2D eigenvalue weighted by Crippen LogP contribution is -2.16. The van der Waals surface area contributed by atoms with E-state index in [1.54, 1.807) is 19.9 Å². The molecule has 0 amide bonds. The Bertz CT molecular complexity index is 1260. The van der Waals surface area contributed by atoms with E-state index in [9.17, 15) is 21.6 Å². The number of halogens is 3. The maximum atomic E-state index is 13.1. The van der Waals surface area contributed by atoms with E-state index < -0.39 is 21.8 Å². The summed E-state index contributed by atoms with van der Waals surface area (Å²) in [4.78, 5) is -0.129. The minimum Gasteiger partial charge on any atom is -0.497 e. The Morgan fingerprint density at radius 2 is 1.76 bits per heavy atom. The van der Waals surface area contributed by atoms with Gasteiger partial charge in [-0.1, -0.05) is 6.07 Å². The van der Waals surface area contributed by atoms with E-state index in [2.05, 4.69) is 9.82 Å². The van der Waals surface area contributed by atoms with Crippen LogP contribution in [0, 0.1) is 13.8 Å². The highest BCUT2D eigenvalue weighted by Crippen LogP contribution is 2.33. The SMILES string of the molecule is COc1ccc(OC)c(S(=O)(=O)Nc2c(C)nn(COc3cccc(C(F)(F)F)c3)c2C)c1. The molecule has 3 aromatic rings. The molecule has 2 aromatic carbocycles. The zero-order valence-corrected chi connectivity index (χ0v) is 19.0. The van der Waals surface area contributed by atoms with Gasteiger partial charge < -0.3 is 14.2 Å². The summed E-state index contributed by atoms with van der Waals surface area (Å²) in [5, 5.41) is 4.24. The maximum Gasteiger partial charge on any atom is 0.416 e. The van der Waals surface area contributed by atoms with Crippen molar-refractivity contribution in [1.29, 1.82) is 0 Å². The van der Waals surface area contributed by atoms with Gasteiger partial charge >= 0.3 is 6.18 Å². The molecule has 178 valence electrons. The Hall–Kier alpha value is -3.41. The first-order valence-corrected chi connectivity index (χ1v) is 11.0. The first kappa shape index (κ1) is 24.2. The monoisotopic (exact) mass is 485 g/mol. The Labute approximate surface area is 188 Å². The molecule has 1 N–H and O–H groups in total. The van der Waals surface area contributed by atoms with Crippen LogP contribution in [-0.2, 0) is 22.9 Å². The lowest BCUT2D eigenvalue weighted by molar-refractivity contribution is -0.137. The molecule has 0 atom stereocenters. The summed E-state index contributed by atoms with van der Waals surface area (Å²) in [6.45, 7) is 2.97. The zero-order valence-electron chi connectivity index (χ0n) is 18.2. The largest absolute Gasteiger partial charge is 0.497 e. The molecule has 12 heteroatoms. The fourth-order valence-electron chi connectivity index (χ4n) is 3.05. The number of alkyl halides is 3. The van der Waals surface area contributed by atoms with Crippen LogP contribution < -0.4 is 18.9 Å². The van der Waals surface area contributed by atoms with E-state index in [0.29, 0.717) is 17.1 Å². The summed E-state index contributed by atoms with van der Waals surface area (Å²) >= 11 is 0. The van der Waals surface area contributed by atoms with Gasteiger partial charge in [0.15, 0.2) is 6.73 Å². The number of aryl methyl sites for hydroxylation is 1. The molecular formula is C21H22F3N3O5S. The molecule has 0 radical (unpaired) electrons. The standard InChI is InChI=1S/C21H22F3N3O5S/c1-13-20(26-33(28,29)19-11-16(30-3)8-9-18(19)31-4)14(2)27(25-13)12-32-17-7-5-6-15(10-17)21(22,23)24/h5-11,26H,12H2,1-4H3. The van der Waals surface area contributed by atoms with Crippen LogP contribution in [0.1, 0.15) is 17.0 Å². The van der Waals surface area contributed by atoms with Crippen LogP contribution in [0.3, 0.4) is 0 Å². The van der Waals surface area contributed by atoms with Gasteiger partial charge in [-0.05, 0) is 44.2 Å². The minimum atomic E-state index is -4.50. The Morgan fingerprint density at radius 1 is 1.03 bits per heavy atom. The number of aromatic nitrogens is 2. The molecule has 0 saturated heterocycles. The summed E-state index contributed by atoms with van der Waals surface area (Å²) in [6, 6.07) is 8.81. The van der Waals surface area contributed by atoms with Gasteiger partial charge in [0, 0.05) is 6.07 Å². The number of rotatable bonds is 8. The van der Waals surface area contributed by atoms with Gasteiger partial charge in [0.1, 0.15) is 22.1 Å². The molecule has 0 bridgehead atoms. The Kier molecular flexibility index (Phi) is 6.77. The van der Waals surface area contributed by atoms with Crippen LogP contribution in [0.4, 0.5) is 18.9 Å². The molecule has 33 heavy (non-hydrogen) atoms. The normalized spacial score (nSPS) is 11.8. The molecule has 0 spiro atoms. The molecule has 0 saturated carbocycles. The molecule has 3 rings (SSSR count). The van der Waals surface area contributed by atoms with E-state index in [1.165, 1.54) is 43.2 Å². The number of hydrogen-bond donors (Lipinski definition) is 1. The van der Waals surface area contributed by atoms with Crippen molar-refractivity contribution >= 4 is 15.7 Å². The van der Waals surface area contributed by atoms with Crippen LogP contribution in [0.5, 0.6) is 17.2 Å². The van der Waals surface area contributed by atoms with Gasteiger partial charge in [0.05, 0.1) is 36.9 Å². The second kappa shape index (κ2) is 9.22. The first-order valence-electron chi connectivity index (χ1n) is 9.55. The van der Waals surface area contributed by atoms with Gasteiger partial charge in [-0.2, -0.15) is 18.3 Å². The zero-order chi connectivity index (χ0) is 24.4. The average molecular weight is 485 g/mol. The number of hydrogen-bond acceptors (Lipinski definition) is 6. The highest BCUT2D eigenvalue weighted by molar-refractivity contribution is 7.92. The number of ether oxygens (including phenoxy) is 3. The van der Waals surface area contributed by atoms with E-state index >= 15 is 0 Å². The summed E-state index contributed by atoms with van der Waals surface area (Å²) in [5.74, 6) is 0.453. The number of nitrogens with zero attached hydrogens (tertiary/aromatic N) is 2. The van der Waals surface area contributed by atoms with Crippen LogP contribution in [0.2, 0.25) is 0 Å². The number of sulfonamides is 1. The van der Waals surface area contributed by atoms with Crippen LogP contribution in [-0.4, -0.2) is 32.4 Å². The smallest absolute Gasteiger partial charge is 0.416 e. The second-order valence-corrected chi connectivity index (χ2v) is 8.62. The van der Waals surface area contributed by atoms with Gasteiger partial charge in [0.2, 0.25) is 0 Å². The highest BCUT2D eigenvalue weighted by atomic mass is 32.2. The van der Waals surface area contributed by atoms with Crippen LogP contribution in [0.15, 0.2) is 47.4 Å². The van der Waals surface area contributed by atoms with E-state index in [-0.39, 0.29) is 28.8 Å². The van der Waals surface area contributed by atoms with Crippen LogP contribution in [0.25, 0.3) is 0 Å². The van der Waals surface area contributed by atoms with E-state index in [1.807, 2.05) is 0 Å². The summed E-state index contributed by atoms with van der Waals surface area (Å²) in [5.41, 5.74) is 0.136. The van der Waals surface area contributed by atoms with Crippen molar-refractivity contribution in [2.24, 2.45) is 0 Å². The highest BCUT2D eigenvalue weighted by Gasteiger charge is 2.30. The predicted octanol–water partition coefficient (Wildman–Crippen LogP) is 4.37. The third-order valence-electron chi connectivity index (χ3n) is 4.79. The number of methoxy groups -OCH3 is 2. The average Bonchev–Trinajstić information content (AvgIpc) is 3.04. The lowest BCUT2D eigenvalue weighted by atomic mass is 10.2. The third-order valence-corrected chi connectivity index (χ3v) is 6.16. The van der Waals surface area contributed by atoms with Crippen molar-refractivity contribution < 1.29 is 35.8 Å². The topological polar surface area (TPSA) is 91.7 Å². The second-order valence-electron chi connectivity index (χ2n) is 6.97. The molecule has 0 aliphatic rings. The maximum absolute atomic E-state index is 13.1. The molecule has 0 unspecified atom stereocenters. The van der Waals surface area contributed by atoms with E-state index in [4.69, 9.17) is 14.2 Å². The lowest BCUT2D eigenvalue weighted by Gasteiger charge is -2.13. The molecule has 0 aliphatic carbocycles. The molecule has 8 nitrogen and oxygen atoms in total. The van der Waals surface area contributed by atoms with Crippen molar-refractivity contribution in [3.63, 3.8) is 0 Å². The van der Waals surface area contributed by atoms with Crippen LogP contribution >= 0.6 is 0 Å². The predicted molar refractivity (Wildman–Crippen MR) is 114 cm³/mol. The Morgan fingerprint density at radius 3 is 2.39 bits per heavy atom. The van der Waals surface area contributed by atoms with Crippen molar-refractivity contribution in [3.8, 4) is 17.2 Å². The van der Waals surface area contributed by atoms with Gasteiger partial charge in [-0.15, -0.1) is 0 Å². The number of nitrogens with one attached hydrogen (secondary N) is 1. The van der Waals surface area contributed by atoms with Crippen molar-refractivity contribution in [2.75, 3.05) is 18.9 Å². The first-order chi connectivity index (χ1) is 15.5. The van der Waals surface area contributed by atoms with Gasteiger partial charge in [0.25, 0.3) is 10.0 Å². The third kappa shape index (κ3) is 5.33. The molecular weight excluding hydrogens is 463 g/mol. The fourth-order valence-corrected chi connectivity index (χ4v) is 4.41. The number of anilines is 1. The van der Waals surface area contributed by atoms with E-state index in [0.717, 1.165) is 12.1 Å². The summed E-state index contributed by atoms with van der Waals surface area (Å²) < 4.78 is 84.3. The summed E-state index contributed by atoms with van der Waals surface area (Å²) in [7, 11) is -1.32. The van der Waals surface area contributed by atoms with Gasteiger partial charge in [-0.25, -0.2) is 13.1 Å². The molecule has 0 fully saturated rings. The fraction of sp³-hybridized carbons (Fsp3) is 0.286. The molecule has 0 aliphatic heterocycles. The van der Waals surface area contributed by atoms with Crippen molar-refractivity contribution in [1.82, 2.24) is 9.78 Å². The summed E-state index contributed by atoms with van der Waals surface area (Å²) in [6.07, 6.45) is -4.50. The molecule has 1 heterocycles. The minimum absolute atomic E-state index is 0.000579. The van der Waals surface area contributed by atoms with Crippen molar-refractivity contribution in [2.45, 2.75) is 31.7 Å². The van der Waals surface area contributed by atoms with Gasteiger partial charge in [-0.3, -0.25) is 4.72 Å². The number of benzene rings is 2. The molecule has 1 aromatic heterocycles. The quantitative estimate of drug-likeness (QED) is 0.510. The Balaban J connectivity index is 1.84.